The number of carbonyl (C=O) groups is 3. The molecule has 55 heavy (non-hydrogen) atoms. The maximum absolute atomic E-state index is 12.7. The van der Waals surface area contributed by atoms with E-state index in [2.05, 4.69) is 57.2 Å². The minimum Gasteiger partial charge on any atom is -0.462 e. The largest absolute Gasteiger partial charge is 0.462 e. The molecule has 320 valence electrons. The third kappa shape index (κ3) is 42.6. The van der Waals surface area contributed by atoms with E-state index in [9.17, 15) is 14.4 Å². The molecule has 0 N–H and O–H groups in total. The van der Waals surface area contributed by atoms with Gasteiger partial charge in [-0.15, -0.1) is 0 Å². The SMILES string of the molecule is CCCC/C=C\CCCCCCC(=O)OC(COC(=O)CCCCCCCCC/C=C\C/C=C\CCCCC)COC(=O)CCCCCCCCCCCC. The molecule has 0 aromatic rings. The summed E-state index contributed by atoms with van der Waals surface area (Å²) in [6.45, 7) is 6.54. The van der Waals surface area contributed by atoms with E-state index in [-0.39, 0.29) is 31.1 Å². The number of esters is 3. The van der Waals surface area contributed by atoms with Gasteiger partial charge in [0.1, 0.15) is 13.2 Å². The van der Waals surface area contributed by atoms with Crippen LogP contribution < -0.4 is 0 Å². The number of hydrogen-bond acceptors (Lipinski definition) is 6. The standard InChI is InChI=1S/C49H88O6/c1-4-7-10-13-16-19-22-23-24-25-26-27-28-31-33-36-39-42-48(51)54-45-46(55-49(52)43-40-37-34-30-21-18-15-12-9-6-3)44-53-47(50)41-38-35-32-29-20-17-14-11-8-5-2/h15-16,18-19,23-24,46H,4-14,17,20-22,25-45H2,1-3H3/b18-15-,19-16-,24-23-. The number of rotatable bonds is 42. The van der Waals surface area contributed by atoms with Crippen LogP contribution in [-0.2, 0) is 28.6 Å². The average Bonchev–Trinajstić information content (AvgIpc) is 3.18. The zero-order valence-electron chi connectivity index (χ0n) is 36.4. The molecule has 0 bridgehead atoms. The molecule has 0 aromatic heterocycles. The Bertz CT molecular complexity index is 938. The number of carbonyl (C=O) groups excluding carboxylic acids is 3. The maximum Gasteiger partial charge on any atom is 0.306 e. The average molecular weight is 773 g/mol. The minimum atomic E-state index is -0.775. The second-order valence-electron chi connectivity index (χ2n) is 15.7. The molecule has 0 aliphatic carbocycles. The summed E-state index contributed by atoms with van der Waals surface area (Å²) in [6, 6.07) is 0. The Morgan fingerprint density at radius 3 is 1.11 bits per heavy atom. The van der Waals surface area contributed by atoms with Crippen molar-refractivity contribution in [3.63, 3.8) is 0 Å². The van der Waals surface area contributed by atoms with Crippen LogP contribution in [0.15, 0.2) is 36.5 Å². The van der Waals surface area contributed by atoms with E-state index in [0.29, 0.717) is 19.3 Å². The number of unbranched alkanes of at least 4 members (excludes halogenated alkanes) is 25. The first-order chi connectivity index (χ1) is 27.0. The number of hydrogen-bond donors (Lipinski definition) is 0. The highest BCUT2D eigenvalue weighted by Gasteiger charge is 2.19. The molecule has 1 unspecified atom stereocenters. The van der Waals surface area contributed by atoms with E-state index in [1.54, 1.807) is 0 Å². The first-order valence-corrected chi connectivity index (χ1v) is 23.5. The second kappa shape index (κ2) is 44.3. The molecule has 0 fully saturated rings. The summed E-state index contributed by atoms with van der Waals surface area (Å²) in [5, 5.41) is 0. The van der Waals surface area contributed by atoms with Crippen LogP contribution >= 0.6 is 0 Å². The lowest BCUT2D eigenvalue weighted by atomic mass is 10.1. The Labute approximate surface area is 340 Å². The van der Waals surface area contributed by atoms with Crippen molar-refractivity contribution in [3.8, 4) is 0 Å². The molecule has 6 heteroatoms. The molecule has 0 amide bonds. The highest BCUT2D eigenvalue weighted by Crippen LogP contribution is 2.14. The topological polar surface area (TPSA) is 78.9 Å². The van der Waals surface area contributed by atoms with Crippen LogP contribution in [0.4, 0.5) is 0 Å². The zero-order chi connectivity index (χ0) is 40.1. The summed E-state index contributed by atoms with van der Waals surface area (Å²) < 4.78 is 16.7. The van der Waals surface area contributed by atoms with Gasteiger partial charge in [-0.1, -0.05) is 186 Å². The Kier molecular flexibility index (Phi) is 42.4. The van der Waals surface area contributed by atoms with Gasteiger partial charge in [-0.2, -0.15) is 0 Å². The van der Waals surface area contributed by atoms with Crippen molar-refractivity contribution >= 4 is 17.9 Å². The normalized spacial score (nSPS) is 12.3. The predicted octanol–water partition coefficient (Wildman–Crippen LogP) is 15.0. The van der Waals surface area contributed by atoms with Crippen molar-refractivity contribution in [1.29, 1.82) is 0 Å². The number of allylic oxidation sites excluding steroid dienone is 6. The summed E-state index contributed by atoms with van der Waals surface area (Å²) >= 11 is 0. The van der Waals surface area contributed by atoms with Crippen LogP contribution in [0.1, 0.15) is 239 Å². The highest BCUT2D eigenvalue weighted by molar-refractivity contribution is 5.71. The van der Waals surface area contributed by atoms with Crippen molar-refractivity contribution in [2.45, 2.75) is 245 Å². The van der Waals surface area contributed by atoms with Gasteiger partial charge in [-0.3, -0.25) is 14.4 Å². The molecule has 0 radical (unpaired) electrons. The fourth-order valence-electron chi connectivity index (χ4n) is 6.51. The second-order valence-corrected chi connectivity index (χ2v) is 15.7. The summed E-state index contributed by atoms with van der Waals surface area (Å²) in [7, 11) is 0. The fraction of sp³-hybridized carbons (Fsp3) is 0.816. The van der Waals surface area contributed by atoms with Gasteiger partial charge in [0.15, 0.2) is 6.10 Å². The Morgan fingerprint density at radius 2 is 0.673 bits per heavy atom. The monoisotopic (exact) mass is 773 g/mol. The van der Waals surface area contributed by atoms with Gasteiger partial charge in [0.2, 0.25) is 0 Å². The van der Waals surface area contributed by atoms with Crippen molar-refractivity contribution in [2.75, 3.05) is 13.2 Å². The zero-order valence-corrected chi connectivity index (χ0v) is 36.4. The van der Waals surface area contributed by atoms with Crippen molar-refractivity contribution in [3.05, 3.63) is 36.5 Å². The lowest BCUT2D eigenvalue weighted by Crippen LogP contribution is -2.30. The maximum atomic E-state index is 12.7. The smallest absolute Gasteiger partial charge is 0.306 e. The molecule has 0 rings (SSSR count). The highest BCUT2D eigenvalue weighted by atomic mass is 16.6. The molecule has 0 aliphatic rings. The quantitative estimate of drug-likeness (QED) is 0.0266. The Morgan fingerprint density at radius 1 is 0.364 bits per heavy atom. The molecule has 0 saturated carbocycles. The number of ether oxygens (including phenoxy) is 3. The van der Waals surface area contributed by atoms with Crippen molar-refractivity contribution < 1.29 is 28.6 Å². The molecular formula is C49H88O6. The van der Waals surface area contributed by atoms with Crippen LogP contribution in [0.5, 0.6) is 0 Å². The van der Waals surface area contributed by atoms with Crippen LogP contribution in [0, 0.1) is 0 Å². The predicted molar refractivity (Wildman–Crippen MR) is 233 cm³/mol. The van der Waals surface area contributed by atoms with E-state index in [1.165, 1.54) is 109 Å². The van der Waals surface area contributed by atoms with Gasteiger partial charge in [-0.05, 0) is 70.6 Å². The Balaban J connectivity index is 4.32. The molecule has 0 heterocycles. The van der Waals surface area contributed by atoms with Gasteiger partial charge >= 0.3 is 17.9 Å². The van der Waals surface area contributed by atoms with Gasteiger partial charge in [0.05, 0.1) is 0 Å². The first kappa shape index (κ1) is 52.6. The summed E-state index contributed by atoms with van der Waals surface area (Å²) in [4.78, 5) is 37.7. The van der Waals surface area contributed by atoms with Crippen molar-refractivity contribution in [2.24, 2.45) is 0 Å². The lowest BCUT2D eigenvalue weighted by Gasteiger charge is -2.18. The third-order valence-corrected chi connectivity index (χ3v) is 10.1. The van der Waals surface area contributed by atoms with Gasteiger partial charge in [-0.25, -0.2) is 0 Å². The summed E-state index contributed by atoms with van der Waals surface area (Å²) in [6.07, 6.45) is 49.8. The van der Waals surface area contributed by atoms with E-state index in [4.69, 9.17) is 14.2 Å². The fourth-order valence-corrected chi connectivity index (χ4v) is 6.51. The van der Waals surface area contributed by atoms with Crippen LogP contribution in [0.3, 0.4) is 0 Å². The van der Waals surface area contributed by atoms with Crippen LogP contribution in [-0.4, -0.2) is 37.2 Å². The third-order valence-electron chi connectivity index (χ3n) is 10.1. The molecule has 1 atom stereocenters. The summed E-state index contributed by atoms with van der Waals surface area (Å²) in [5.41, 5.74) is 0. The van der Waals surface area contributed by atoms with E-state index >= 15 is 0 Å². The van der Waals surface area contributed by atoms with E-state index < -0.39 is 6.10 Å². The van der Waals surface area contributed by atoms with Gasteiger partial charge in [0, 0.05) is 19.3 Å². The molecular weight excluding hydrogens is 685 g/mol. The lowest BCUT2D eigenvalue weighted by molar-refractivity contribution is -0.167. The molecule has 0 spiro atoms. The molecule has 0 aromatic carbocycles. The van der Waals surface area contributed by atoms with Crippen LogP contribution in [0.2, 0.25) is 0 Å². The van der Waals surface area contributed by atoms with E-state index in [0.717, 1.165) is 89.9 Å². The molecule has 0 saturated heterocycles. The minimum absolute atomic E-state index is 0.0774. The van der Waals surface area contributed by atoms with Gasteiger partial charge < -0.3 is 14.2 Å². The van der Waals surface area contributed by atoms with Crippen LogP contribution in [0.25, 0.3) is 0 Å². The summed E-state index contributed by atoms with van der Waals surface area (Å²) in [5.74, 6) is -0.898. The Hall–Kier alpha value is -2.37. The first-order valence-electron chi connectivity index (χ1n) is 23.5. The molecule has 6 nitrogen and oxygen atoms in total. The van der Waals surface area contributed by atoms with Gasteiger partial charge in [0.25, 0.3) is 0 Å². The van der Waals surface area contributed by atoms with Crippen molar-refractivity contribution in [1.82, 2.24) is 0 Å². The molecule has 0 aliphatic heterocycles. The van der Waals surface area contributed by atoms with E-state index in [1.807, 2.05) is 0 Å².